The summed E-state index contributed by atoms with van der Waals surface area (Å²) < 4.78 is 0. The molecular formula is C65H85BCl3N3NaO4. The predicted octanol–water partition coefficient (Wildman–Crippen LogP) is 11.3. The number of aliphatic hydroxyl groups excluding tert-OH is 3. The van der Waals surface area contributed by atoms with Crippen molar-refractivity contribution in [1.82, 2.24) is 14.7 Å². The standard InChI is InChI=1S/2C21H26ClNO.C21H24ClNO.CH4O.CH4.B.Na.H/c3*22-20-12-10-19(11-13-20)21(24)16-23-14-4-7-18(15-23)9-8-17-5-2-1-3-6-17;1-2;;;;/h2*1-3,5-6,10-13,18,21,24H,4,7-9,14-16H2;1-3,5-6,10-13,18H,4,7-9,14-16H2;2H,1H3;1H4;;;/q;;;;;;+1;-1/t2*18?,21-;;;;;;/m10....../s1. The number of likely N-dealkylation sites (tertiary alicyclic amines) is 3. The summed E-state index contributed by atoms with van der Waals surface area (Å²) >= 11 is 17.7. The first-order valence-electron chi connectivity index (χ1n) is 27.0. The Morgan fingerprint density at radius 2 is 0.792 bits per heavy atom. The Kier molecular flexibility index (Phi) is 33.8. The topological polar surface area (TPSA) is 87.5 Å². The van der Waals surface area contributed by atoms with Gasteiger partial charge in [0.2, 0.25) is 0 Å². The van der Waals surface area contributed by atoms with Crippen LogP contribution in [0.2, 0.25) is 15.1 Å². The molecule has 77 heavy (non-hydrogen) atoms. The molecule has 7 nitrogen and oxygen atoms in total. The zero-order valence-corrected chi connectivity index (χ0v) is 49.4. The van der Waals surface area contributed by atoms with E-state index in [4.69, 9.17) is 39.9 Å². The fourth-order valence-electron chi connectivity index (χ4n) is 10.7. The quantitative estimate of drug-likeness (QED) is 0.0584. The molecule has 3 aliphatic heterocycles. The number of piperidine rings is 3. The summed E-state index contributed by atoms with van der Waals surface area (Å²) in [7, 11) is 1.00. The maximum absolute atomic E-state index is 12.4. The summed E-state index contributed by atoms with van der Waals surface area (Å²) in [6.07, 6.45) is 13.8. The van der Waals surface area contributed by atoms with Gasteiger partial charge in [-0.05, 0) is 191 Å². The Hall–Kier alpha value is -3.32. The minimum absolute atomic E-state index is 0. The Morgan fingerprint density at radius 3 is 1.13 bits per heavy atom. The first-order chi connectivity index (χ1) is 36.1. The van der Waals surface area contributed by atoms with E-state index in [2.05, 4.69) is 106 Å². The van der Waals surface area contributed by atoms with E-state index in [0.29, 0.717) is 40.6 Å². The smallest absolute Gasteiger partial charge is 1.00 e. The van der Waals surface area contributed by atoms with Crippen molar-refractivity contribution in [2.24, 2.45) is 17.8 Å². The summed E-state index contributed by atoms with van der Waals surface area (Å²) in [5, 5.41) is 30.0. The van der Waals surface area contributed by atoms with E-state index in [1.165, 1.54) is 74.5 Å². The molecule has 3 aliphatic rings. The van der Waals surface area contributed by atoms with Crippen LogP contribution in [0, 0.1) is 17.8 Å². The molecule has 0 amide bonds. The van der Waals surface area contributed by atoms with Crippen LogP contribution in [0.4, 0.5) is 0 Å². The molecule has 409 valence electrons. The van der Waals surface area contributed by atoms with Crippen LogP contribution < -0.4 is 29.6 Å². The number of hydrogen-bond donors (Lipinski definition) is 3. The minimum atomic E-state index is -0.435. The van der Waals surface area contributed by atoms with Crippen LogP contribution in [-0.4, -0.2) is 110 Å². The van der Waals surface area contributed by atoms with Gasteiger partial charge in [0.15, 0.2) is 5.78 Å². The van der Waals surface area contributed by atoms with Crippen molar-refractivity contribution in [3.63, 3.8) is 0 Å². The van der Waals surface area contributed by atoms with E-state index in [-0.39, 0.29) is 52.6 Å². The van der Waals surface area contributed by atoms with Crippen LogP contribution in [0.1, 0.15) is 117 Å². The van der Waals surface area contributed by atoms with Gasteiger partial charge in [-0.25, -0.2) is 0 Å². The number of halogens is 3. The third-order valence-corrected chi connectivity index (χ3v) is 15.5. The Labute approximate surface area is 503 Å². The SMILES string of the molecule is C.CO.O=C(CN1CCCC(CCc2ccccc2)C1)c1ccc(Cl)cc1.O[C@@H](CN1CCCC(CCc2ccccc2)C1)c1ccc(Cl)cc1.O[C@H](CN1CCCC(CCc2ccccc2)C1)c1ccc(Cl)cc1.[B].[H-].[Na+]. The van der Waals surface area contributed by atoms with Crippen molar-refractivity contribution in [3.05, 3.63) is 212 Å². The molecule has 0 spiro atoms. The van der Waals surface area contributed by atoms with Crippen molar-refractivity contribution in [3.8, 4) is 0 Å². The average molecular weight is 1110 g/mol. The van der Waals surface area contributed by atoms with Crippen molar-refractivity contribution in [2.45, 2.75) is 96.7 Å². The summed E-state index contributed by atoms with van der Waals surface area (Å²) in [6, 6.07) is 54.4. The number of Topliss-reactive ketones (excluding diaryl/α,β-unsaturated/α-hetero) is 1. The van der Waals surface area contributed by atoms with E-state index in [9.17, 15) is 15.0 Å². The first kappa shape index (κ1) is 68.0. The molecule has 0 bridgehead atoms. The molecule has 12 heteroatoms. The molecular weight excluding hydrogens is 1030 g/mol. The maximum atomic E-state index is 12.4. The zero-order chi connectivity index (χ0) is 52.3. The number of β-amino-alcohol motifs (C(OH)–C–C–N with tert-alkyl or cyclic N) is 2. The van der Waals surface area contributed by atoms with Gasteiger partial charge in [0, 0.05) is 68.9 Å². The van der Waals surface area contributed by atoms with Crippen LogP contribution in [0.25, 0.3) is 0 Å². The summed E-state index contributed by atoms with van der Waals surface area (Å²) in [5.41, 5.74) is 6.92. The number of ketones is 1. The first-order valence-corrected chi connectivity index (χ1v) is 28.1. The van der Waals surface area contributed by atoms with Gasteiger partial charge in [-0.1, -0.05) is 157 Å². The largest absolute Gasteiger partial charge is 1.00 e. The van der Waals surface area contributed by atoms with Crippen molar-refractivity contribution in [2.75, 3.05) is 66.0 Å². The molecule has 6 aromatic rings. The molecule has 3 unspecified atom stereocenters. The van der Waals surface area contributed by atoms with Gasteiger partial charge in [-0.3, -0.25) is 9.69 Å². The fraction of sp³-hybridized carbons (Fsp3) is 0.431. The van der Waals surface area contributed by atoms with Gasteiger partial charge in [0.05, 0.1) is 18.8 Å². The predicted molar refractivity (Wildman–Crippen MR) is 322 cm³/mol. The van der Waals surface area contributed by atoms with Crippen molar-refractivity contribution < 1.29 is 51.1 Å². The molecule has 3 saturated heterocycles. The molecule has 3 radical (unpaired) electrons. The molecule has 3 fully saturated rings. The second-order valence-corrected chi connectivity index (χ2v) is 21.7. The van der Waals surface area contributed by atoms with Crippen LogP contribution in [0.15, 0.2) is 164 Å². The summed E-state index contributed by atoms with van der Waals surface area (Å²) in [6.45, 7) is 8.37. The van der Waals surface area contributed by atoms with E-state index in [1.54, 1.807) is 12.1 Å². The van der Waals surface area contributed by atoms with Crippen molar-refractivity contribution in [1.29, 1.82) is 0 Å². The number of hydrogen-bond acceptors (Lipinski definition) is 7. The molecule has 3 N–H and O–H groups in total. The third kappa shape index (κ3) is 25.4. The van der Waals surface area contributed by atoms with Gasteiger partial charge in [0.1, 0.15) is 0 Å². The second-order valence-electron chi connectivity index (χ2n) is 20.4. The van der Waals surface area contributed by atoms with Gasteiger partial charge in [0.25, 0.3) is 0 Å². The monoisotopic (exact) mass is 1110 g/mol. The second kappa shape index (κ2) is 38.4. The molecule has 9 rings (SSSR count). The Morgan fingerprint density at radius 1 is 0.494 bits per heavy atom. The Bertz CT molecular complexity index is 2340. The molecule has 0 aliphatic carbocycles. The normalized spacial score (nSPS) is 18.3. The number of aryl methyl sites for hydroxylation is 3. The van der Waals surface area contributed by atoms with Gasteiger partial charge >= 0.3 is 29.6 Å². The van der Waals surface area contributed by atoms with Crippen molar-refractivity contribution >= 4 is 49.0 Å². The zero-order valence-electron chi connectivity index (χ0n) is 46.1. The number of aliphatic hydroxyl groups is 3. The van der Waals surface area contributed by atoms with E-state index in [1.807, 2.05) is 60.7 Å². The molecule has 6 aromatic carbocycles. The summed E-state index contributed by atoms with van der Waals surface area (Å²) in [4.78, 5) is 19.6. The molecule has 3 heterocycles. The van der Waals surface area contributed by atoms with E-state index >= 15 is 0 Å². The number of rotatable bonds is 18. The Balaban J connectivity index is 0.000000384. The number of nitrogens with zero attached hydrogens (tertiary/aromatic N) is 3. The van der Waals surface area contributed by atoms with Crippen LogP contribution in [-0.2, 0) is 19.3 Å². The third-order valence-electron chi connectivity index (χ3n) is 14.8. The number of carbonyl (C=O) groups excluding carboxylic acids is 1. The van der Waals surface area contributed by atoms with Gasteiger partial charge < -0.3 is 26.5 Å². The van der Waals surface area contributed by atoms with Crippen LogP contribution >= 0.6 is 34.8 Å². The maximum Gasteiger partial charge on any atom is 1.00 e. The number of carbonyl (C=O) groups is 1. The number of benzene rings is 6. The van der Waals surface area contributed by atoms with Crippen LogP contribution in [0.5, 0.6) is 0 Å². The summed E-state index contributed by atoms with van der Waals surface area (Å²) in [5.74, 6) is 2.35. The molecule has 0 saturated carbocycles. The fourth-order valence-corrected chi connectivity index (χ4v) is 11.1. The van der Waals surface area contributed by atoms with E-state index < -0.39 is 12.2 Å². The average Bonchev–Trinajstić information content (AvgIpc) is 3.44. The molecule has 0 aromatic heterocycles. The van der Waals surface area contributed by atoms with E-state index in [0.717, 1.165) is 94.2 Å². The van der Waals surface area contributed by atoms with Crippen LogP contribution in [0.3, 0.4) is 0 Å². The molecule has 5 atom stereocenters. The van der Waals surface area contributed by atoms with Gasteiger partial charge in [-0.15, -0.1) is 0 Å². The minimum Gasteiger partial charge on any atom is -1.00 e. The van der Waals surface area contributed by atoms with Gasteiger partial charge in [-0.2, -0.15) is 0 Å².